The van der Waals surface area contributed by atoms with Crippen LogP contribution in [0.2, 0.25) is 0 Å². The zero-order chi connectivity index (χ0) is 19.6. The van der Waals surface area contributed by atoms with E-state index in [0.717, 1.165) is 17.6 Å². The van der Waals surface area contributed by atoms with Gasteiger partial charge in [0.15, 0.2) is 0 Å². The minimum absolute atomic E-state index is 0.0382. The molecule has 0 spiro atoms. The second-order valence-corrected chi connectivity index (χ2v) is 5.37. The van der Waals surface area contributed by atoms with E-state index in [0.29, 0.717) is 11.4 Å². The van der Waals surface area contributed by atoms with Crippen LogP contribution in [0.5, 0.6) is 0 Å². The molecule has 138 valence electrons. The fourth-order valence-electron chi connectivity index (χ4n) is 2.46. The molecule has 2 rings (SSSR count). The number of fused-ring (bicyclic) bond motifs is 1. The fraction of sp³-hybridized carbons (Fsp3) is 0.235. The lowest BCUT2D eigenvalue weighted by Gasteiger charge is -2.16. The quantitative estimate of drug-likeness (QED) is 0.815. The maximum absolute atomic E-state index is 12.9. The summed E-state index contributed by atoms with van der Waals surface area (Å²) in [5.74, 6) is 0. The SMILES string of the molecule is C=Cc1ncc2c(=O)[nH]c(=O)n(C(=CC)C=C(C)C(F)(F)F)c2c1NC. The molecule has 0 aliphatic heterocycles. The summed E-state index contributed by atoms with van der Waals surface area (Å²) < 4.78 is 39.8. The van der Waals surface area contributed by atoms with E-state index in [-0.39, 0.29) is 16.6 Å². The number of pyridine rings is 1. The minimum atomic E-state index is -4.55. The second kappa shape index (κ2) is 7.03. The van der Waals surface area contributed by atoms with Crippen LogP contribution in [-0.4, -0.2) is 27.8 Å². The Morgan fingerprint density at radius 1 is 1.38 bits per heavy atom. The summed E-state index contributed by atoms with van der Waals surface area (Å²) in [5, 5.41) is 2.88. The molecule has 0 atom stereocenters. The van der Waals surface area contributed by atoms with Crippen LogP contribution >= 0.6 is 0 Å². The maximum Gasteiger partial charge on any atom is 0.412 e. The lowest BCUT2D eigenvalue weighted by Crippen LogP contribution is -2.30. The minimum Gasteiger partial charge on any atom is -0.385 e. The van der Waals surface area contributed by atoms with Crippen LogP contribution in [0.25, 0.3) is 22.7 Å². The molecule has 0 saturated heterocycles. The van der Waals surface area contributed by atoms with Gasteiger partial charge in [0.2, 0.25) is 0 Å². The van der Waals surface area contributed by atoms with Gasteiger partial charge < -0.3 is 5.32 Å². The van der Waals surface area contributed by atoms with Crippen LogP contribution in [-0.2, 0) is 0 Å². The van der Waals surface area contributed by atoms with Crippen molar-refractivity contribution in [2.75, 3.05) is 12.4 Å². The van der Waals surface area contributed by atoms with Crippen molar-refractivity contribution >= 4 is 28.4 Å². The largest absolute Gasteiger partial charge is 0.412 e. The third-order valence-corrected chi connectivity index (χ3v) is 3.78. The summed E-state index contributed by atoms with van der Waals surface area (Å²) in [7, 11) is 1.55. The number of hydrogen-bond donors (Lipinski definition) is 2. The number of nitrogens with one attached hydrogen (secondary N) is 2. The van der Waals surface area contributed by atoms with Crippen molar-refractivity contribution in [2.45, 2.75) is 20.0 Å². The van der Waals surface area contributed by atoms with Crippen LogP contribution in [0.3, 0.4) is 0 Å². The molecule has 0 amide bonds. The van der Waals surface area contributed by atoms with Crippen LogP contribution in [0.15, 0.2) is 40.1 Å². The van der Waals surface area contributed by atoms with Gasteiger partial charge in [-0.2, -0.15) is 13.2 Å². The average molecular weight is 366 g/mol. The van der Waals surface area contributed by atoms with Gasteiger partial charge in [0, 0.05) is 24.5 Å². The zero-order valence-electron chi connectivity index (χ0n) is 14.4. The number of anilines is 1. The van der Waals surface area contributed by atoms with Crippen molar-refractivity contribution < 1.29 is 13.2 Å². The Morgan fingerprint density at radius 3 is 2.54 bits per heavy atom. The molecular formula is C17H17F3N4O2. The zero-order valence-corrected chi connectivity index (χ0v) is 14.4. The Labute approximate surface area is 146 Å². The van der Waals surface area contributed by atoms with Crippen LogP contribution in [0.4, 0.5) is 18.9 Å². The number of hydrogen-bond acceptors (Lipinski definition) is 4. The predicted molar refractivity (Wildman–Crippen MR) is 96.0 cm³/mol. The molecule has 0 saturated carbocycles. The van der Waals surface area contributed by atoms with E-state index in [4.69, 9.17) is 0 Å². The highest BCUT2D eigenvalue weighted by Crippen LogP contribution is 2.29. The number of rotatable bonds is 4. The van der Waals surface area contributed by atoms with Gasteiger partial charge in [-0.3, -0.25) is 19.3 Å². The number of allylic oxidation sites excluding steroid dienone is 4. The third-order valence-electron chi connectivity index (χ3n) is 3.78. The molecule has 0 aliphatic rings. The molecule has 0 radical (unpaired) electrons. The molecule has 0 aliphatic carbocycles. The maximum atomic E-state index is 12.9. The van der Waals surface area contributed by atoms with Gasteiger partial charge in [-0.25, -0.2) is 4.79 Å². The molecule has 0 fully saturated rings. The summed E-state index contributed by atoms with van der Waals surface area (Å²) in [6.45, 7) is 6.01. The summed E-state index contributed by atoms with van der Waals surface area (Å²) >= 11 is 0. The summed E-state index contributed by atoms with van der Waals surface area (Å²) in [6.07, 6.45) is 0.299. The van der Waals surface area contributed by atoms with Gasteiger partial charge in [0.25, 0.3) is 5.56 Å². The Kier molecular flexibility index (Phi) is 5.20. The lowest BCUT2D eigenvalue weighted by molar-refractivity contribution is -0.0912. The van der Waals surface area contributed by atoms with Crippen molar-refractivity contribution in [1.82, 2.24) is 14.5 Å². The van der Waals surface area contributed by atoms with Crippen LogP contribution in [0, 0.1) is 0 Å². The van der Waals surface area contributed by atoms with Gasteiger partial charge in [-0.1, -0.05) is 12.7 Å². The number of aromatic nitrogens is 3. The highest BCUT2D eigenvalue weighted by molar-refractivity contribution is 5.95. The first-order chi connectivity index (χ1) is 12.1. The summed E-state index contributed by atoms with van der Waals surface area (Å²) in [6, 6.07) is 0. The van der Waals surface area contributed by atoms with E-state index in [1.165, 1.54) is 25.3 Å². The molecular weight excluding hydrogens is 349 g/mol. The highest BCUT2D eigenvalue weighted by Gasteiger charge is 2.30. The fourth-order valence-corrected chi connectivity index (χ4v) is 2.46. The van der Waals surface area contributed by atoms with E-state index in [1.807, 2.05) is 0 Å². The molecule has 2 N–H and O–H groups in total. The first kappa shape index (κ1) is 19.2. The van der Waals surface area contributed by atoms with E-state index < -0.39 is 23.0 Å². The molecule has 2 aromatic heterocycles. The monoisotopic (exact) mass is 366 g/mol. The van der Waals surface area contributed by atoms with Crippen molar-refractivity contribution in [1.29, 1.82) is 0 Å². The van der Waals surface area contributed by atoms with Gasteiger partial charge in [0.1, 0.15) is 0 Å². The van der Waals surface area contributed by atoms with Crippen molar-refractivity contribution in [3.8, 4) is 0 Å². The molecule has 9 heteroatoms. The van der Waals surface area contributed by atoms with Crippen LogP contribution in [0.1, 0.15) is 19.5 Å². The van der Waals surface area contributed by atoms with Gasteiger partial charge in [0.05, 0.1) is 22.3 Å². The Bertz CT molecular complexity index is 1040. The second-order valence-electron chi connectivity index (χ2n) is 5.37. The van der Waals surface area contributed by atoms with Gasteiger partial charge >= 0.3 is 11.9 Å². The van der Waals surface area contributed by atoms with Crippen molar-refractivity contribution in [3.05, 3.63) is 57.0 Å². The van der Waals surface area contributed by atoms with Gasteiger partial charge in [-0.15, -0.1) is 0 Å². The number of nitrogens with zero attached hydrogens (tertiary/aromatic N) is 2. The van der Waals surface area contributed by atoms with Crippen LogP contribution < -0.4 is 16.6 Å². The Hall–Kier alpha value is -3.10. The lowest BCUT2D eigenvalue weighted by atomic mass is 10.1. The number of halogens is 3. The van der Waals surface area contributed by atoms with Gasteiger partial charge in [-0.05, 0) is 26.0 Å². The first-order valence-corrected chi connectivity index (χ1v) is 7.56. The highest BCUT2D eigenvalue weighted by atomic mass is 19.4. The molecule has 26 heavy (non-hydrogen) atoms. The molecule has 2 aromatic rings. The predicted octanol–water partition coefficient (Wildman–Crippen LogP) is 3.14. The van der Waals surface area contributed by atoms with E-state index >= 15 is 0 Å². The molecule has 0 aromatic carbocycles. The third kappa shape index (κ3) is 3.32. The Morgan fingerprint density at radius 2 is 2.04 bits per heavy atom. The van der Waals surface area contributed by atoms with E-state index in [1.54, 1.807) is 7.05 Å². The van der Waals surface area contributed by atoms with E-state index in [2.05, 4.69) is 21.9 Å². The van der Waals surface area contributed by atoms with Crippen molar-refractivity contribution in [3.63, 3.8) is 0 Å². The summed E-state index contributed by atoms with van der Waals surface area (Å²) in [4.78, 5) is 30.8. The molecule has 6 nitrogen and oxygen atoms in total. The number of alkyl halides is 3. The molecule has 0 unspecified atom stereocenters. The topological polar surface area (TPSA) is 79.8 Å². The number of aromatic amines is 1. The normalized spacial score (nSPS) is 13.2. The first-order valence-electron chi connectivity index (χ1n) is 7.56. The molecule has 2 heterocycles. The van der Waals surface area contributed by atoms with E-state index in [9.17, 15) is 22.8 Å². The van der Waals surface area contributed by atoms with Crippen molar-refractivity contribution in [2.24, 2.45) is 0 Å². The smallest absolute Gasteiger partial charge is 0.385 e. The molecule has 0 bridgehead atoms. The Balaban J connectivity index is 3.01. The average Bonchev–Trinajstić information content (AvgIpc) is 2.58. The standard InChI is InChI=1S/C17H17F3N4O2/c1-5-10(7-9(3)17(18,19)20)24-14-11(15(25)23-16(24)26)8-22-12(6-2)13(14)21-4/h5-8,21H,2H2,1,3-4H3,(H,23,25,26). The summed E-state index contributed by atoms with van der Waals surface area (Å²) in [5.41, 5.74) is -1.70. The number of H-pyrrole nitrogens is 1.